The number of amides is 3. The fourth-order valence-electron chi connectivity index (χ4n) is 2.45. The Bertz CT molecular complexity index is 1010. The number of benzene rings is 1. The van der Waals surface area contributed by atoms with Crippen LogP contribution in [0.3, 0.4) is 0 Å². The molecule has 0 aliphatic rings. The van der Waals surface area contributed by atoms with Crippen LogP contribution in [0.15, 0.2) is 57.0 Å². The Morgan fingerprint density at radius 3 is 2.78 bits per heavy atom. The molecule has 0 radical (unpaired) electrons. The van der Waals surface area contributed by atoms with Crippen LogP contribution in [0.1, 0.15) is 12.7 Å². The summed E-state index contributed by atoms with van der Waals surface area (Å²) < 4.78 is 6.80. The molecule has 0 spiro atoms. The van der Waals surface area contributed by atoms with E-state index in [0.717, 1.165) is 11.8 Å². The van der Waals surface area contributed by atoms with Crippen molar-refractivity contribution in [3.05, 3.63) is 58.8 Å². The lowest BCUT2D eigenvalue weighted by Gasteiger charge is -2.12. The van der Waals surface area contributed by atoms with Crippen molar-refractivity contribution in [2.24, 2.45) is 0 Å². The summed E-state index contributed by atoms with van der Waals surface area (Å²) in [6, 6.07) is 9.96. The van der Waals surface area contributed by atoms with Crippen LogP contribution in [-0.4, -0.2) is 33.8 Å². The van der Waals surface area contributed by atoms with Crippen molar-refractivity contribution < 1.29 is 14.0 Å². The molecule has 0 saturated heterocycles. The number of nitrogens with zero attached hydrogens (tertiary/aromatic N) is 2. The van der Waals surface area contributed by atoms with Crippen LogP contribution in [0.4, 0.5) is 4.79 Å². The summed E-state index contributed by atoms with van der Waals surface area (Å²) in [6.07, 6.45) is 1.53. The first kappa shape index (κ1) is 18.7. The predicted octanol–water partition coefficient (Wildman–Crippen LogP) is 1.98. The van der Waals surface area contributed by atoms with Crippen molar-refractivity contribution in [2.45, 2.75) is 18.6 Å². The third kappa shape index (κ3) is 4.56. The standard InChI is InChI=1S/C18H18N4O4S/c1-2-19-17(25)21-15(23)11-27-18-20-14-8-4-3-7-13(14)16(24)22(18)10-12-6-5-9-26-12/h3-9H,2,10-11H2,1H3,(H2,19,21,23,25). The van der Waals surface area contributed by atoms with Crippen LogP contribution in [0, 0.1) is 0 Å². The van der Waals surface area contributed by atoms with Gasteiger partial charge in [0.05, 0.1) is 29.5 Å². The van der Waals surface area contributed by atoms with Crippen molar-refractivity contribution in [2.75, 3.05) is 12.3 Å². The Labute approximate surface area is 159 Å². The maximum atomic E-state index is 12.9. The first-order chi connectivity index (χ1) is 13.1. The third-order valence-electron chi connectivity index (χ3n) is 3.64. The second kappa shape index (κ2) is 8.54. The summed E-state index contributed by atoms with van der Waals surface area (Å²) in [7, 11) is 0. The molecule has 27 heavy (non-hydrogen) atoms. The highest BCUT2D eigenvalue weighted by molar-refractivity contribution is 7.99. The van der Waals surface area contributed by atoms with Gasteiger partial charge in [-0.3, -0.25) is 19.5 Å². The summed E-state index contributed by atoms with van der Waals surface area (Å²) in [5, 5.41) is 5.57. The predicted molar refractivity (Wildman–Crippen MR) is 102 cm³/mol. The van der Waals surface area contributed by atoms with Gasteiger partial charge in [-0.05, 0) is 31.2 Å². The topological polar surface area (TPSA) is 106 Å². The minimum atomic E-state index is -0.553. The largest absolute Gasteiger partial charge is 0.467 e. The number of fused-ring (bicyclic) bond motifs is 1. The number of thioether (sulfide) groups is 1. The van der Waals surface area contributed by atoms with Crippen LogP contribution in [0.25, 0.3) is 10.9 Å². The molecule has 0 fully saturated rings. The zero-order valence-electron chi connectivity index (χ0n) is 14.6. The number of imide groups is 1. The summed E-state index contributed by atoms with van der Waals surface area (Å²) in [4.78, 5) is 40.8. The maximum Gasteiger partial charge on any atom is 0.321 e. The summed E-state index contributed by atoms with van der Waals surface area (Å²) in [6.45, 7) is 2.37. The van der Waals surface area contributed by atoms with Crippen molar-refractivity contribution in [1.29, 1.82) is 0 Å². The van der Waals surface area contributed by atoms with Crippen LogP contribution in [0.5, 0.6) is 0 Å². The summed E-state index contributed by atoms with van der Waals surface area (Å²) in [5.74, 6) is 0.0702. The lowest BCUT2D eigenvalue weighted by Crippen LogP contribution is -2.40. The van der Waals surface area contributed by atoms with Gasteiger partial charge < -0.3 is 9.73 Å². The number of furan rings is 1. The van der Waals surface area contributed by atoms with Crippen LogP contribution in [0.2, 0.25) is 0 Å². The fourth-order valence-corrected chi connectivity index (χ4v) is 3.25. The van der Waals surface area contributed by atoms with Gasteiger partial charge >= 0.3 is 6.03 Å². The molecular formula is C18H18N4O4S. The van der Waals surface area contributed by atoms with Crippen LogP contribution in [-0.2, 0) is 11.3 Å². The van der Waals surface area contributed by atoms with Gasteiger partial charge in [0, 0.05) is 6.54 Å². The van der Waals surface area contributed by atoms with Crippen molar-refractivity contribution >= 4 is 34.6 Å². The lowest BCUT2D eigenvalue weighted by molar-refractivity contribution is -0.117. The molecule has 3 rings (SSSR count). The second-order valence-corrected chi connectivity index (χ2v) is 6.52. The van der Waals surface area contributed by atoms with Crippen molar-refractivity contribution in [3.8, 4) is 0 Å². The van der Waals surface area contributed by atoms with E-state index in [1.54, 1.807) is 43.3 Å². The zero-order valence-corrected chi connectivity index (χ0v) is 15.4. The smallest absolute Gasteiger partial charge is 0.321 e. The van der Waals surface area contributed by atoms with Gasteiger partial charge in [-0.15, -0.1) is 0 Å². The number of carbonyl (C=O) groups is 2. The number of nitrogens with one attached hydrogen (secondary N) is 2. The molecule has 0 unspecified atom stereocenters. The van der Waals surface area contributed by atoms with E-state index in [-0.39, 0.29) is 17.9 Å². The molecule has 3 amide bonds. The van der Waals surface area contributed by atoms with Crippen LogP contribution < -0.4 is 16.2 Å². The number of urea groups is 1. The van der Waals surface area contributed by atoms with Gasteiger partial charge in [0.2, 0.25) is 5.91 Å². The average molecular weight is 386 g/mol. The quantitative estimate of drug-likeness (QED) is 0.496. The zero-order chi connectivity index (χ0) is 19.2. The highest BCUT2D eigenvalue weighted by atomic mass is 32.2. The molecule has 0 saturated carbocycles. The van der Waals surface area contributed by atoms with Gasteiger partial charge in [-0.2, -0.15) is 0 Å². The van der Waals surface area contributed by atoms with Gasteiger partial charge in [0.15, 0.2) is 5.16 Å². The Morgan fingerprint density at radius 1 is 1.22 bits per heavy atom. The second-order valence-electron chi connectivity index (χ2n) is 5.58. The van der Waals surface area contributed by atoms with E-state index in [1.165, 1.54) is 10.8 Å². The molecule has 0 aliphatic carbocycles. The summed E-state index contributed by atoms with van der Waals surface area (Å²) in [5.41, 5.74) is 0.327. The molecule has 2 N–H and O–H groups in total. The molecular weight excluding hydrogens is 368 g/mol. The Hall–Kier alpha value is -3.07. The lowest BCUT2D eigenvalue weighted by atomic mass is 10.2. The first-order valence-corrected chi connectivity index (χ1v) is 9.29. The molecule has 9 heteroatoms. The number of hydrogen-bond acceptors (Lipinski definition) is 6. The van der Waals surface area contributed by atoms with Gasteiger partial charge in [-0.1, -0.05) is 23.9 Å². The highest BCUT2D eigenvalue weighted by Gasteiger charge is 2.15. The van der Waals surface area contributed by atoms with E-state index in [9.17, 15) is 14.4 Å². The van der Waals surface area contributed by atoms with Gasteiger partial charge in [0.1, 0.15) is 5.76 Å². The molecule has 140 valence electrons. The molecule has 0 bridgehead atoms. The first-order valence-electron chi connectivity index (χ1n) is 8.31. The number of aromatic nitrogens is 2. The molecule has 0 aliphatic heterocycles. The highest BCUT2D eigenvalue weighted by Crippen LogP contribution is 2.19. The van der Waals surface area contributed by atoms with E-state index in [1.807, 2.05) is 0 Å². The third-order valence-corrected chi connectivity index (χ3v) is 4.62. The Balaban J connectivity index is 1.87. The van der Waals surface area contributed by atoms with Gasteiger partial charge in [0.25, 0.3) is 5.56 Å². The number of para-hydroxylation sites is 1. The molecule has 8 nitrogen and oxygen atoms in total. The molecule has 1 aromatic carbocycles. The number of carbonyl (C=O) groups excluding carboxylic acids is 2. The van der Waals surface area contributed by atoms with E-state index >= 15 is 0 Å². The monoisotopic (exact) mass is 386 g/mol. The number of hydrogen-bond donors (Lipinski definition) is 2. The maximum absolute atomic E-state index is 12.9. The van der Waals surface area contributed by atoms with E-state index in [4.69, 9.17) is 4.42 Å². The molecule has 2 heterocycles. The summed E-state index contributed by atoms with van der Waals surface area (Å²) >= 11 is 1.08. The molecule has 2 aromatic heterocycles. The van der Waals surface area contributed by atoms with Crippen molar-refractivity contribution in [1.82, 2.24) is 20.2 Å². The molecule has 0 atom stereocenters. The number of rotatable bonds is 6. The normalized spacial score (nSPS) is 10.7. The SMILES string of the molecule is CCNC(=O)NC(=O)CSc1nc2ccccc2c(=O)n1Cc1ccco1. The van der Waals surface area contributed by atoms with E-state index in [0.29, 0.717) is 28.4 Å². The van der Waals surface area contributed by atoms with E-state index < -0.39 is 11.9 Å². The van der Waals surface area contributed by atoms with E-state index in [2.05, 4.69) is 15.6 Å². The van der Waals surface area contributed by atoms with Crippen molar-refractivity contribution in [3.63, 3.8) is 0 Å². The molecule has 3 aromatic rings. The fraction of sp³-hybridized carbons (Fsp3) is 0.222. The van der Waals surface area contributed by atoms with Gasteiger partial charge in [-0.25, -0.2) is 9.78 Å². The Morgan fingerprint density at radius 2 is 2.04 bits per heavy atom. The minimum Gasteiger partial charge on any atom is -0.467 e. The minimum absolute atomic E-state index is 0.0555. The van der Waals surface area contributed by atoms with Crippen LogP contribution >= 0.6 is 11.8 Å². The average Bonchev–Trinajstić information content (AvgIpc) is 3.16. The Kier molecular flexibility index (Phi) is 5.92.